The molecule has 2 aliphatic heterocycles. The molecule has 86 valence electrons. The predicted octanol–water partition coefficient (Wildman–Crippen LogP) is 1.06. The number of carboxylic acids is 1. The number of fused-ring (bicyclic) bond motifs is 2. The quantitative estimate of drug-likeness (QED) is 0.787. The van der Waals surface area contributed by atoms with Gasteiger partial charge in [-0.05, 0) is 36.9 Å². The van der Waals surface area contributed by atoms with Gasteiger partial charge in [0.25, 0.3) is 0 Å². The third-order valence-corrected chi connectivity index (χ3v) is 3.34. The third kappa shape index (κ3) is 1.77. The van der Waals surface area contributed by atoms with Crippen LogP contribution in [-0.4, -0.2) is 34.0 Å². The Morgan fingerprint density at radius 1 is 1.53 bits per heavy atom. The van der Waals surface area contributed by atoms with Crippen molar-refractivity contribution in [2.75, 3.05) is 0 Å². The molecule has 0 saturated heterocycles. The molecule has 1 aromatic heterocycles. The van der Waals surface area contributed by atoms with Gasteiger partial charge < -0.3 is 14.4 Å². The summed E-state index contributed by atoms with van der Waals surface area (Å²) in [6.07, 6.45) is 9.26. The van der Waals surface area contributed by atoms with Crippen molar-refractivity contribution in [1.29, 1.82) is 0 Å². The molecule has 0 radical (unpaired) electrons. The molecule has 5 heteroatoms. The van der Waals surface area contributed by atoms with E-state index in [-0.39, 0.29) is 12.5 Å². The molecule has 17 heavy (non-hydrogen) atoms. The van der Waals surface area contributed by atoms with Gasteiger partial charge in [0, 0.05) is 23.9 Å². The maximum absolute atomic E-state index is 10.6. The first-order valence-corrected chi connectivity index (χ1v) is 5.77. The number of nitrogens with zero attached hydrogens (tertiary/aromatic N) is 2. The average Bonchev–Trinajstić information content (AvgIpc) is 2.88. The SMILES string of the molecule is O=C(O)CCC1C=CC2=Cc3cccn3BN21. The van der Waals surface area contributed by atoms with E-state index < -0.39 is 5.97 Å². The fourth-order valence-corrected chi connectivity index (χ4v) is 2.44. The summed E-state index contributed by atoms with van der Waals surface area (Å²) < 4.78 is 2.17. The Labute approximate surface area is 100 Å². The highest BCUT2D eigenvalue weighted by Crippen LogP contribution is 2.27. The number of rotatable bonds is 3. The van der Waals surface area contributed by atoms with E-state index in [1.165, 1.54) is 11.4 Å². The first-order chi connectivity index (χ1) is 8.24. The lowest BCUT2D eigenvalue weighted by Crippen LogP contribution is -2.38. The molecule has 2 aliphatic rings. The topological polar surface area (TPSA) is 45.5 Å². The Kier molecular flexibility index (Phi) is 2.32. The molecule has 0 amide bonds. The van der Waals surface area contributed by atoms with Gasteiger partial charge in [0.1, 0.15) is 0 Å². The highest BCUT2D eigenvalue weighted by atomic mass is 16.4. The molecule has 0 aromatic carbocycles. The van der Waals surface area contributed by atoms with Crippen LogP contribution in [-0.2, 0) is 4.79 Å². The minimum Gasteiger partial charge on any atom is -0.481 e. The normalized spacial score (nSPS) is 20.6. The molecule has 1 N–H and O–H groups in total. The van der Waals surface area contributed by atoms with Crippen molar-refractivity contribution in [2.45, 2.75) is 18.9 Å². The van der Waals surface area contributed by atoms with Gasteiger partial charge in [-0.15, -0.1) is 0 Å². The van der Waals surface area contributed by atoms with Gasteiger partial charge >= 0.3 is 13.5 Å². The number of carbonyl (C=O) groups is 1. The fourth-order valence-electron chi connectivity index (χ4n) is 2.44. The zero-order chi connectivity index (χ0) is 11.8. The summed E-state index contributed by atoms with van der Waals surface area (Å²) in [6, 6.07) is 4.33. The maximum atomic E-state index is 10.6. The van der Waals surface area contributed by atoms with Crippen molar-refractivity contribution in [3.8, 4) is 0 Å². The Bertz CT molecular complexity index is 518. The van der Waals surface area contributed by atoms with E-state index in [9.17, 15) is 4.79 Å². The molecule has 0 aliphatic carbocycles. The van der Waals surface area contributed by atoms with E-state index in [4.69, 9.17) is 5.11 Å². The van der Waals surface area contributed by atoms with Crippen LogP contribution in [0.2, 0.25) is 0 Å². The van der Waals surface area contributed by atoms with Crippen LogP contribution >= 0.6 is 0 Å². The van der Waals surface area contributed by atoms with Crippen LogP contribution in [0.25, 0.3) is 6.08 Å². The molecule has 0 fully saturated rings. The number of hydrogen-bond donors (Lipinski definition) is 1. The van der Waals surface area contributed by atoms with Crippen molar-refractivity contribution in [3.63, 3.8) is 0 Å². The Morgan fingerprint density at radius 3 is 3.24 bits per heavy atom. The minimum atomic E-state index is -0.727. The number of hydrogen-bond acceptors (Lipinski definition) is 2. The maximum Gasteiger partial charge on any atom is 0.361 e. The van der Waals surface area contributed by atoms with E-state index in [2.05, 4.69) is 39.8 Å². The van der Waals surface area contributed by atoms with E-state index in [0.29, 0.717) is 6.42 Å². The van der Waals surface area contributed by atoms with Crippen LogP contribution < -0.4 is 0 Å². The first kappa shape index (κ1) is 10.3. The monoisotopic (exact) mass is 228 g/mol. The van der Waals surface area contributed by atoms with E-state index in [1.54, 1.807) is 0 Å². The summed E-state index contributed by atoms with van der Waals surface area (Å²) in [5, 5.41) is 8.73. The van der Waals surface area contributed by atoms with Crippen molar-refractivity contribution in [2.24, 2.45) is 0 Å². The van der Waals surface area contributed by atoms with Crippen LogP contribution in [0.4, 0.5) is 0 Å². The van der Waals surface area contributed by atoms with Gasteiger partial charge in [-0.2, -0.15) is 0 Å². The third-order valence-electron chi connectivity index (χ3n) is 3.34. The first-order valence-electron chi connectivity index (χ1n) is 5.77. The van der Waals surface area contributed by atoms with Gasteiger partial charge in [0.05, 0.1) is 0 Å². The molecule has 0 spiro atoms. The molecule has 1 atom stereocenters. The van der Waals surface area contributed by atoms with Crippen LogP contribution in [0, 0.1) is 0 Å². The molecule has 0 saturated carbocycles. The summed E-state index contributed by atoms with van der Waals surface area (Å²) in [7, 11) is 0.811. The van der Waals surface area contributed by atoms with Crippen molar-refractivity contribution in [1.82, 2.24) is 9.29 Å². The Balaban J connectivity index is 1.78. The lowest BCUT2D eigenvalue weighted by atomic mass is 9.98. The van der Waals surface area contributed by atoms with Crippen LogP contribution in [0.5, 0.6) is 0 Å². The average molecular weight is 228 g/mol. The second-order valence-electron chi connectivity index (χ2n) is 4.44. The number of allylic oxidation sites excluding steroid dienone is 1. The van der Waals surface area contributed by atoms with Gasteiger partial charge in [-0.25, -0.2) is 0 Å². The molecule has 1 unspecified atom stereocenters. The number of carboxylic acid groups (broad SMARTS) is 1. The van der Waals surface area contributed by atoms with Gasteiger partial charge in [0.15, 0.2) is 0 Å². The molecular formula is C12H13BN2O2. The zero-order valence-corrected chi connectivity index (χ0v) is 9.41. The molecule has 0 bridgehead atoms. The second kappa shape index (κ2) is 3.84. The summed E-state index contributed by atoms with van der Waals surface area (Å²) >= 11 is 0. The molecular weight excluding hydrogens is 215 g/mol. The highest BCUT2D eigenvalue weighted by molar-refractivity contribution is 6.33. The zero-order valence-electron chi connectivity index (χ0n) is 9.41. The number of aliphatic carboxylic acids is 1. The van der Waals surface area contributed by atoms with Crippen LogP contribution in [0.1, 0.15) is 18.5 Å². The van der Waals surface area contributed by atoms with Gasteiger partial charge in [0.2, 0.25) is 0 Å². The lowest BCUT2D eigenvalue weighted by Gasteiger charge is -2.31. The highest BCUT2D eigenvalue weighted by Gasteiger charge is 2.27. The fraction of sp³-hybridized carbons (Fsp3) is 0.250. The summed E-state index contributed by atoms with van der Waals surface area (Å²) in [5.74, 6) is -0.727. The number of aromatic nitrogens is 1. The Morgan fingerprint density at radius 2 is 2.41 bits per heavy atom. The van der Waals surface area contributed by atoms with Gasteiger partial charge in [-0.3, -0.25) is 4.79 Å². The Hall–Kier alpha value is -1.91. The molecule has 3 rings (SSSR count). The van der Waals surface area contributed by atoms with Crippen LogP contribution in [0.15, 0.2) is 36.2 Å². The lowest BCUT2D eigenvalue weighted by molar-refractivity contribution is -0.137. The summed E-state index contributed by atoms with van der Waals surface area (Å²) in [5.41, 5.74) is 2.39. The smallest absolute Gasteiger partial charge is 0.361 e. The second-order valence-corrected chi connectivity index (χ2v) is 4.44. The van der Waals surface area contributed by atoms with E-state index >= 15 is 0 Å². The summed E-state index contributed by atoms with van der Waals surface area (Å²) in [4.78, 5) is 12.9. The molecule has 1 aromatic rings. The van der Waals surface area contributed by atoms with E-state index in [1.807, 2.05) is 6.07 Å². The van der Waals surface area contributed by atoms with E-state index in [0.717, 1.165) is 7.55 Å². The standard InChI is InChI=1S/C12H13BN2O2/c16-12(17)6-5-9-3-4-11-8-10-2-1-7-14(10)13-15(9)11/h1-4,7-9,13H,5-6H2,(H,16,17). The molecule has 3 heterocycles. The summed E-state index contributed by atoms with van der Waals surface area (Å²) in [6.45, 7) is 0. The van der Waals surface area contributed by atoms with Crippen molar-refractivity contribution < 1.29 is 9.90 Å². The minimum absolute atomic E-state index is 0.216. The molecule has 4 nitrogen and oxygen atoms in total. The largest absolute Gasteiger partial charge is 0.481 e. The van der Waals surface area contributed by atoms with Crippen molar-refractivity contribution in [3.05, 3.63) is 41.9 Å². The van der Waals surface area contributed by atoms with Gasteiger partial charge in [-0.1, -0.05) is 6.08 Å². The van der Waals surface area contributed by atoms with Crippen molar-refractivity contribution >= 4 is 19.6 Å². The van der Waals surface area contributed by atoms with Crippen LogP contribution in [0.3, 0.4) is 0 Å². The predicted molar refractivity (Wildman–Crippen MR) is 66.6 cm³/mol.